The Labute approximate surface area is 213 Å². The average molecular weight is 520 g/mol. The van der Waals surface area contributed by atoms with Crippen LogP contribution < -0.4 is 16.0 Å². The summed E-state index contributed by atoms with van der Waals surface area (Å²) >= 11 is 8.72. The van der Waals surface area contributed by atoms with Crippen LogP contribution in [0.3, 0.4) is 0 Å². The van der Waals surface area contributed by atoms with Crippen LogP contribution in [0.1, 0.15) is 16.1 Å². The summed E-state index contributed by atoms with van der Waals surface area (Å²) in [6, 6.07) is 20.0. The number of nitrogens with one attached hydrogen (secondary N) is 3. The van der Waals surface area contributed by atoms with Crippen LogP contribution in [0, 0.1) is 6.92 Å². The van der Waals surface area contributed by atoms with E-state index < -0.39 is 6.03 Å². The number of hydrogen-bond donors (Lipinski definition) is 3. The molecule has 0 radical (unpaired) electrons. The van der Waals surface area contributed by atoms with Gasteiger partial charge in [0.15, 0.2) is 5.13 Å². The largest absolute Gasteiger partial charge is 0.325 e. The maximum absolute atomic E-state index is 12.6. The Kier molecular flexibility index (Phi) is 6.45. The van der Waals surface area contributed by atoms with E-state index in [0.717, 1.165) is 32.1 Å². The molecule has 0 aliphatic carbocycles. The molecular formula is C25H18ClN5O2S2. The van der Waals surface area contributed by atoms with Gasteiger partial charge in [0.25, 0.3) is 5.91 Å². The first-order chi connectivity index (χ1) is 16.9. The van der Waals surface area contributed by atoms with Crippen molar-refractivity contribution in [3.8, 4) is 10.6 Å². The highest BCUT2D eigenvalue weighted by atomic mass is 35.5. The van der Waals surface area contributed by atoms with Crippen LogP contribution in [0.4, 0.5) is 21.3 Å². The number of thiazole rings is 2. The summed E-state index contributed by atoms with van der Waals surface area (Å²) in [6.45, 7) is 2.06. The lowest BCUT2D eigenvalue weighted by Gasteiger charge is -2.05. The highest BCUT2D eigenvalue weighted by Gasteiger charge is 2.14. The Hall–Kier alpha value is -3.79. The molecule has 0 saturated heterocycles. The molecule has 5 aromatic rings. The number of carbonyl (C=O) groups is 2. The number of fused-ring (bicyclic) bond motifs is 1. The van der Waals surface area contributed by atoms with Gasteiger partial charge in [0, 0.05) is 27.3 Å². The molecule has 35 heavy (non-hydrogen) atoms. The molecule has 2 aromatic heterocycles. The van der Waals surface area contributed by atoms with Crippen LogP contribution >= 0.6 is 34.3 Å². The summed E-state index contributed by atoms with van der Waals surface area (Å²) in [4.78, 5) is 33.7. The van der Waals surface area contributed by atoms with Gasteiger partial charge in [-0.05, 0) is 67.1 Å². The Morgan fingerprint density at radius 1 is 0.886 bits per heavy atom. The van der Waals surface area contributed by atoms with E-state index in [1.165, 1.54) is 5.56 Å². The Morgan fingerprint density at radius 2 is 1.71 bits per heavy atom. The molecule has 7 nitrogen and oxygen atoms in total. The molecule has 0 saturated carbocycles. The summed E-state index contributed by atoms with van der Waals surface area (Å²) in [5, 5.41) is 11.4. The molecular weight excluding hydrogens is 502 g/mol. The fourth-order valence-corrected chi connectivity index (χ4v) is 5.25. The number of aryl methyl sites for hydroxylation is 1. The lowest BCUT2D eigenvalue weighted by atomic mass is 10.2. The molecule has 0 aliphatic rings. The van der Waals surface area contributed by atoms with Gasteiger partial charge in [-0.25, -0.2) is 14.8 Å². The number of benzene rings is 3. The van der Waals surface area contributed by atoms with E-state index in [1.54, 1.807) is 41.0 Å². The molecule has 174 valence electrons. The topological polar surface area (TPSA) is 96.0 Å². The van der Waals surface area contributed by atoms with Crippen molar-refractivity contribution < 1.29 is 9.59 Å². The van der Waals surface area contributed by atoms with Gasteiger partial charge in [-0.15, -0.1) is 22.7 Å². The van der Waals surface area contributed by atoms with Crippen molar-refractivity contribution in [1.29, 1.82) is 0 Å². The Bertz CT molecular complexity index is 1550. The molecule has 3 N–H and O–H groups in total. The lowest BCUT2D eigenvalue weighted by Crippen LogP contribution is -2.19. The third-order valence-corrected chi connectivity index (χ3v) is 7.03. The maximum Gasteiger partial charge on any atom is 0.325 e. The second-order valence-corrected chi connectivity index (χ2v) is 9.97. The van der Waals surface area contributed by atoms with E-state index >= 15 is 0 Å². The standard InChI is InChI=1S/C25H18ClN5O2S2/c1-14-5-10-19-21(11-14)35-23(29-19)15-6-8-17(9-7-15)27-22(32)20-13-34-25(30-20)31-24(33)28-18-4-2-3-16(26)12-18/h2-13H,1H3,(H,27,32)(H2,28,30,31,33). The first-order valence-electron chi connectivity index (χ1n) is 10.5. The van der Waals surface area contributed by atoms with Gasteiger partial charge < -0.3 is 10.6 Å². The zero-order valence-corrected chi connectivity index (χ0v) is 20.7. The minimum atomic E-state index is -0.478. The second-order valence-electron chi connectivity index (χ2n) is 7.65. The van der Waals surface area contributed by atoms with Gasteiger partial charge in [-0.1, -0.05) is 23.7 Å². The van der Waals surface area contributed by atoms with Crippen molar-refractivity contribution >= 4 is 72.9 Å². The van der Waals surface area contributed by atoms with Crippen molar-refractivity contribution in [3.63, 3.8) is 0 Å². The SMILES string of the molecule is Cc1ccc2nc(-c3ccc(NC(=O)c4csc(NC(=O)Nc5cccc(Cl)c5)n4)cc3)sc2c1. The number of aromatic nitrogens is 2. The van der Waals surface area contributed by atoms with Gasteiger partial charge in [0.1, 0.15) is 10.7 Å². The summed E-state index contributed by atoms with van der Waals surface area (Å²) in [5.74, 6) is -0.368. The molecule has 0 bridgehead atoms. The fourth-order valence-electron chi connectivity index (χ4n) is 3.31. The quantitative estimate of drug-likeness (QED) is 0.227. The number of halogens is 1. The molecule has 0 aliphatic heterocycles. The van der Waals surface area contributed by atoms with E-state index in [0.29, 0.717) is 21.5 Å². The Balaban J connectivity index is 1.21. The zero-order valence-electron chi connectivity index (χ0n) is 18.3. The number of hydrogen-bond acceptors (Lipinski definition) is 6. The second kappa shape index (κ2) is 9.83. The molecule has 0 atom stereocenters. The van der Waals surface area contributed by atoms with Crippen molar-refractivity contribution in [1.82, 2.24) is 9.97 Å². The Morgan fingerprint density at radius 3 is 2.51 bits per heavy atom. The summed E-state index contributed by atoms with van der Waals surface area (Å²) in [7, 11) is 0. The van der Waals surface area contributed by atoms with Crippen LogP contribution in [-0.2, 0) is 0 Å². The first kappa shape index (κ1) is 23.0. The van der Waals surface area contributed by atoms with Crippen molar-refractivity contribution in [3.05, 3.63) is 88.4 Å². The van der Waals surface area contributed by atoms with E-state index in [-0.39, 0.29) is 11.6 Å². The van der Waals surface area contributed by atoms with Gasteiger partial charge in [-0.2, -0.15) is 0 Å². The molecule has 5 rings (SSSR count). The van der Waals surface area contributed by atoms with E-state index in [9.17, 15) is 9.59 Å². The highest BCUT2D eigenvalue weighted by Crippen LogP contribution is 2.31. The number of rotatable bonds is 5. The third-order valence-electron chi connectivity index (χ3n) is 4.97. The molecule has 3 aromatic carbocycles. The molecule has 0 fully saturated rings. The van der Waals surface area contributed by atoms with Crippen molar-refractivity contribution in [2.45, 2.75) is 6.92 Å². The minimum absolute atomic E-state index is 0.207. The number of anilines is 3. The monoisotopic (exact) mass is 519 g/mol. The van der Waals surface area contributed by atoms with Gasteiger partial charge >= 0.3 is 6.03 Å². The van der Waals surface area contributed by atoms with E-state index in [1.807, 2.05) is 30.3 Å². The normalized spacial score (nSPS) is 10.8. The summed E-state index contributed by atoms with van der Waals surface area (Å²) in [5.41, 5.74) is 4.55. The van der Waals surface area contributed by atoms with Crippen molar-refractivity contribution in [2.75, 3.05) is 16.0 Å². The fraction of sp³-hybridized carbons (Fsp3) is 0.0400. The predicted octanol–water partition coefficient (Wildman–Crippen LogP) is 7.28. The van der Waals surface area contributed by atoms with E-state index in [2.05, 4.69) is 40.0 Å². The average Bonchev–Trinajstić information content (AvgIpc) is 3.46. The van der Waals surface area contributed by atoms with Crippen LogP contribution in [0.25, 0.3) is 20.8 Å². The van der Waals surface area contributed by atoms with Crippen LogP contribution in [0.2, 0.25) is 5.02 Å². The first-order valence-corrected chi connectivity index (χ1v) is 12.6. The zero-order chi connectivity index (χ0) is 24.4. The maximum atomic E-state index is 12.6. The number of nitrogens with zero attached hydrogens (tertiary/aromatic N) is 2. The van der Waals surface area contributed by atoms with Crippen LogP contribution in [0.15, 0.2) is 72.1 Å². The number of amides is 3. The van der Waals surface area contributed by atoms with Gasteiger partial charge in [0.05, 0.1) is 10.2 Å². The predicted molar refractivity (Wildman–Crippen MR) is 144 cm³/mol. The molecule has 0 unspecified atom stereocenters. The molecule has 3 amide bonds. The lowest BCUT2D eigenvalue weighted by molar-refractivity contribution is 0.102. The highest BCUT2D eigenvalue weighted by molar-refractivity contribution is 7.21. The van der Waals surface area contributed by atoms with Crippen molar-refractivity contribution in [2.24, 2.45) is 0 Å². The van der Waals surface area contributed by atoms with Crippen LogP contribution in [-0.4, -0.2) is 21.9 Å². The summed E-state index contributed by atoms with van der Waals surface area (Å²) < 4.78 is 1.14. The third kappa shape index (κ3) is 5.48. The smallest absolute Gasteiger partial charge is 0.321 e. The van der Waals surface area contributed by atoms with Gasteiger partial charge in [0.2, 0.25) is 0 Å². The number of carbonyl (C=O) groups excluding carboxylic acids is 2. The minimum Gasteiger partial charge on any atom is -0.321 e. The summed E-state index contributed by atoms with van der Waals surface area (Å²) in [6.07, 6.45) is 0. The van der Waals surface area contributed by atoms with E-state index in [4.69, 9.17) is 16.6 Å². The van der Waals surface area contributed by atoms with Gasteiger partial charge in [-0.3, -0.25) is 10.1 Å². The van der Waals surface area contributed by atoms with Crippen LogP contribution in [0.5, 0.6) is 0 Å². The molecule has 2 heterocycles. The number of urea groups is 1. The molecule has 10 heteroatoms. The molecule has 0 spiro atoms.